The molecule has 0 radical (unpaired) electrons. The third-order valence-electron chi connectivity index (χ3n) is 6.52. The van der Waals surface area contributed by atoms with Crippen molar-refractivity contribution in [1.82, 2.24) is 15.1 Å². The zero-order valence-corrected chi connectivity index (χ0v) is 16.9. The Morgan fingerprint density at radius 3 is 2.48 bits per heavy atom. The van der Waals surface area contributed by atoms with Gasteiger partial charge in [-0.15, -0.1) is 0 Å². The van der Waals surface area contributed by atoms with Crippen LogP contribution in [0.1, 0.15) is 28.8 Å². The highest BCUT2D eigenvalue weighted by Crippen LogP contribution is 2.35. The molecular weight excluding hydrogens is 407 g/mol. The highest BCUT2D eigenvalue weighted by Gasteiger charge is 2.41. The van der Waals surface area contributed by atoms with Gasteiger partial charge in [0, 0.05) is 56.0 Å². The van der Waals surface area contributed by atoms with Gasteiger partial charge in [0.2, 0.25) is 17.7 Å². The lowest BCUT2D eigenvalue weighted by Crippen LogP contribution is -2.53. The summed E-state index contributed by atoms with van der Waals surface area (Å²) < 4.78 is 19.5. The summed E-state index contributed by atoms with van der Waals surface area (Å²) >= 11 is 0. The minimum absolute atomic E-state index is 0.0651. The quantitative estimate of drug-likeness (QED) is 0.672. The van der Waals surface area contributed by atoms with Crippen molar-refractivity contribution in [3.05, 3.63) is 29.1 Å². The number of nitrogens with zero attached hydrogens (tertiary/aromatic N) is 3. The molecule has 4 amide bonds. The molecule has 5 rings (SSSR count). The van der Waals surface area contributed by atoms with Gasteiger partial charge in [0.25, 0.3) is 5.91 Å². The van der Waals surface area contributed by atoms with Crippen molar-refractivity contribution in [2.75, 3.05) is 44.3 Å². The molecule has 0 spiro atoms. The Balaban J connectivity index is 1.34. The number of halogens is 1. The second-order valence-electron chi connectivity index (χ2n) is 8.40. The summed E-state index contributed by atoms with van der Waals surface area (Å²) in [6.45, 7) is 3.22. The zero-order chi connectivity index (χ0) is 21.7. The largest absolute Gasteiger partial charge is 0.380 e. The number of piperazine rings is 1. The van der Waals surface area contributed by atoms with Gasteiger partial charge < -0.3 is 19.4 Å². The molecule has 1 atom stereocenters. The van der Waals surface area contributed by atoms with Gasteiger partial charge in [-0.25, -0.2) is 4.39 Å². The predicted molar refractivity (Wildman–Crippen MR) is 106 cm³/mol. The monoisotopic (exact) mass is 430 g/mol. The highest BCUT2D eigenvalue weighted by atomic mass is 19.1. The molecule has 164 valence electrons. The molecule has 1 unspecified atom stereocenters. The number of fused-ring (bicyclic) bond motifs is 1. The molecule has 1 aromatic carbocycles. The van der Waals surface area contributed by atoms with E-state index < -0.39 is 23.7 Å². The van der Waals surface area contributed by atoms with Gasteiger partial charge in [-0.2, -0.15) is 0 Å². The van der Waals surface area contributed by atoms with E-state index in [1.54, 1.807) is 0 Å². The molecule has 3 saturated heterocycles. The van der Waals surface area contributed by atoms with Crippen LogP contribution in [-0.2, 0) is 25.7 Å². The van der Waals surface area contributed by atoms with E-state index in [4.69, 9.17) is 4.74 Å². The van der Waals surface area contributed by atoms with Crippen LogP contribution in [0.2, 0.25) is 0 Å². The number of rotatable bonds is 3. The van der Waals surface area contributed by atoms with Crippen molar-refractivity contribution in [1.29, 1.82) is 0 Å². The summed E-state index contributed by atoms with van der Waals surface area (Å²) in [5.41, 5.74) is 1.56. The van der Waals surface area contributed by atoms with Gasteiger partial charge in [-0.05, 0) is 18.6 Å². The molecule has 4 aliphatic rings. The van der Waals surface area contributed by atoms with Crippen LogP contribution < -0.4 is 10.2 Å². The van der Waals surface area contributed by atoms with E-state index in [2.05, 4.69) is 5.32 Å². The second kappa shape index (κ2) is 7.60. The SMILES string of the molecule is O=C1CCC(N2Cc3c(cc(F)cc3N3CCN(C(=O)C4COC4)CC3)C2=O)C(=O)N1. The van der Waals surface area contributed by atoms with E-state index >= 15 is 0 Å². The number of amides is 4. The summed E-state index contributed by atoms with van der Waals surface area (Å²) in [7, 11) is 0. The molecule has 4 heterocycles. The van der Waals surface area contributed by atoms with Crippen molar-refractivity contribution < 1.29 is 28.3 Å². The fourth-order valence-electron chi connectivity index (χ4n) is 4.69. The van der Waals surface area contributed by atoms with E-state index in [0.717, 1.165) is 0 Å². The van der Waals surface area contributed by atoms with Crippen LogP contribution in [0.3, 0.4) is 0 Å². The molecular formula is C21H23FN4O5. The summed E-state index contributed by atoms with van der Waals surface area (Å²) in [6, 6.07) is 1.88. The number of anilines is 1. The van der Waals surface area contributed by atoms with E-state index in [1.807, 2.05) is 9.80 Å². The average Bonchev–Trinajstić information content (AvgIpc) is 3.02. The fraction of sp³-hybridized carbons (Fsp3) is 0.524. The third-order valence-corrected chi connectivity index (χ3v) is 6.52. The molecule has 4 aliphatic heterocycles. The maximum absolute atomic E-state index is 14.4. The first-order valence-corrected chi connectivity index (χ1v) is 10.5. The van der Waals surface area contributed by atoms with E-state index in [1.165, 1.54) is 17.0 Å². The summed E-state index contributed by atoms with van der Waals surface area (Å²) in [5, 5.41) is 2.27. The van der Waals surface area contributed by atoms with Crippen LogP contribution in [0.25, 0.3) is 0 Å². The second-order valence-corrected chi connectivity index (χ2v) is 8.40. The molecule has 9 nitrogen and oxygen atoms in total. The normalized spacial score (nSPS) is 24.2. The maximum atomic E-state index is 14.4. The third kappa shape index (κ3) is 3.44. The van der Waals surface area contributed by atoms with Gasteiger partial charge in [0.15, 0.2) is 0 Å². The van der Waals surface area contributed by atoms with Crippen LogP contribution in [0.15, 0.2) is 12.1 Å². The van der Waals surface area contributed by atoms with Crippen LogP contribution in [0, 0.1) is 11.7 Å². The average molecular weight is 430 g/mol. The molecule has 0 saturated carbocycles. The van der Waals surface area contributed by atoms with Crippen LogP contribution >= 0.6 is 0 Å². The van der Waals surface area contributed by atoms with Crippen molar-refractivity contribution in [3.63, 3.8) is 0 Å². The number of carbonyl (C=O) groups excluding carboxylic acids is 4. The van der Waals surface area contributed by atoms with Crippen LogP contribution in [0.5, 0.6) is 0 Å². The smallest absolute Gasteiger partial charge is 0.255 e. The van der Waals surface area contributed by atoms with Crippen molar-refractivity contribution in [2.24, 2.45) is 5.92 Å². The molecule has 0 bridgehead atoms. The minimum atomic E-state index is -0.743. The van der Waals surface area contributed by atoms with Gasteiger partial charge >= 0.3 is 0 Å². The zero-order valence-electron chi connectivity index (χ0n) is 16.9. The predicted octanol–water partition coefficient (Wildman–Crippen LogP) is -0.118. The topological polar surface area (TPSA) is 99.3 Å². The van der Waals surface area contributed by atoms with E-state index in [0.29, 0.717) is 50.6 Å². The molecule has 10 heteroatoms. The molecule has 1 aromatic rings. The number of ether oxygens (including phenoxy) is 1. The Bertz CT molecular complexity index is 971. The maximum Gasteiger partial charge on any atom is 0.255 e. The first-order valence-electron chi connectivity index (χ1n) is 10.5. The van der Waals surface area contributed by atoms with Gasteiger partial charge in [0.05, 0.1) is 19.1 Å². The summed E-state index contributed by atoms with van der Waals surface area (Å²) in [6.07, 6.45) is 0.424. The Hall–Kier alpha value is -3.01. The van der Waals surface area contributed by atoms with E-state index in [9.17, 15) is 23.6 Å². The number of imide groups is 1. The summed E-state index contributed by atoms with van der Waals surface area (Å²) in [4.78, 5) is 54.4. The molecule has 0 aliphatic carbocycles. The van der Waals surface area contributed by atoms with Crippen LogP contribution in [-0.4, -0.2) is 78.9 Å². The Kier molecular flexibility index (Phi) is 4.88. The van der Waals surface area contributed by atoms with E-state index in [-0.39, 0.29) is 42.7 Å². The van der Waals surface area contributed by atoms with Gasteiger partial charge in [-0.3, -0.25) is 24.5 Å². The number of benzene rings is 1. The molecule has 31 heavy (non-hydrogen) atoms. The number of piperidine rings is 1. The Morgan fingerprint density at radius 2 is 1.84 bits per heavy atom. The molecule has 0 aromatic heterocycles. The standard InChI is InChI=1S/C21H23FN4O5/c22-13-7-14-15(9-26(21(14)30)16-1-2-18(27)23-19(16)28)17(8-13)24-3-5-25(6-4-24)20(29)12-10-31-11-12/h7-8,12,16H,1-6,9-11H2,(H,23,27,28). The van der Waals surface area contributed by atoms with Gasteiger partial charge in [0.1, 0.15) is 11.9 Å². The number of hydrogen-bond donors (Lipinski definition) is 1. The van der Waals surface area contributed by atoms with Crippen molar-refractivity contribution >= 4 is 29.3 Å². The summed E-state index contributed by atoms with van der Waals surface area (Å²) in [5.74, 6) is -1.73. The number of hydrogen-bond acceptors (Lipinski definition) is 6. The lowest BCUT2D eigenvalue weighted by molar-refractivity contribution is -0.150. The lowest BCUT2D eigenvalue weighted by Gasteiger charge is -2.39. The number of nitrogens with one attached hydrogen (secondary N) is 1. The lowest BCUT2D eigenvalue weighted by atomic mass is 10.0. The Morgan fingerprint density at radius 1 is 1.10 bits per heavy atom. The minimum Gasteiger partial charge on any atom is -0.380 e. The number of carbonyl (C=O) groups is 4. The van der Waals surface area contributed by atoms with Gasteiger partial charge in [-0.1, -0.05) is 0 Å². The van der Waals surface area contributed by atoms with Crippen molar-refractivity contribution in [3.8, 4) is 0 Å². The molecule has 1 N–H and O–H groups in total. The fourth-order valence-corrected chi connectivity index (χ4v) is 4.69. The van der Waals surface area contributed by atoms with Crippen molar-refractivity contribution in [2.45, 2.75) is 25.4 Å². The highest BCUT2D eigenvalue weighted by molar-refractivity contribution is 6.06. The first-order chi connectivity index (χ1) is 14.9. The first kappa shape index (κ1) is 19.9. The van der Waals surface area contributed by atoms with Crippen LogP contribution in [0.4, 0.5) is 10.1 Å². The Labute approximate surface area is 178 Å². The molecule has 3 fully saturated rings.